The van der Waals surface area contributed by atoms with Gasteiger partial charge in [-0.2, -0.15) is 13.2 Å². The number of aromatic nitrogens is 1. The SMILES string of the molecule is FC(F)(F)c1ocnc1CN[C@@H]1CCC[C@H]1OCc1ccccc1. The average Bonchev–Trinajstić information content (AvgIpc) is 3.20. The number of hydrogen-bond donors (Lipinski definition) is 1. The zero-order valence-corrected chi connectivity index (χ0v) is 13.1. The molecule has 1 aromatic carbocycles. The van der Waals surface area contributed by atoms with E-state index in [2.05, 4.69) is 14.7 Å². The zero-order valence-electron chi connectivity index (χ0n) is 13.1. The van der Waals surface area contributed by atoms with Crippen molar-refractivity contribution in [3.05, 3.63) is 53.7 Å². The van der Waals surface area contributed by atoms with Gasteiger partial charge >= 0.3 is 6.18 Å². The molecule has 1 saturated carbocycles. The summed E-state index contributed by atoms with van der Waals surface area (Å²) in [6, 6.07) is 9.84. The third-order valence-electron chi connectivity index (χ3n) is 4.19. The van der Waals surface area contributed by atoms with Crippen molar-refractivity contribution in [1.82, 2.24) is 10.3 Å². The Balaban J connectivity index is 1.54. The summed E-state index contributed by atoms with van der Waals surface area (Å²) >= 11 is 0. The van der Waals surface area contributed by atoms with Gasteiger partial charge in [0, 0.05) is 12.6 Å². The summed E-state index contributed by atoms with van der Waals surface area (Å²) in [7, 11) is 0. The van der Waals surface area contributed by atoms with Crippen molar-refractivity contribution in [2.75, 3.05) is 0 Å². The van der Waals surface area contributed by atoms with E-state index in [1.54, 1.807) is 0 Å². The van der Waals surface area contributed by atoms with Crippen LogP contribution in [-0.2, 0) is 24.1 Å². The molecule has 1 aliphatic carbocycles. The molecule has 130 valence electrons. The van der Waals surface area contributed by atoms with Crippen LogP contribution in [0.15, 0.2) is 41.1 Å². The van der Waals surface area contributed by atoms with Gasteiger partial charge in [0.1, 0.15) is 5.69 Å². The van der Waals surface area contributed by atoms with E-state index in [0.29, 0.717) is 6.61 Å². The number of hydrogen-bond acceptors (Lipinski definition) is 4. The number of ether oxygens (including phenoxy) is 1. The molecule has 0 radical (unpaired) electrons. The lowest BCUT2D eigenvalue weighted by Crippen LogP contribution is -2.37. The van der Waals surface area contributed by atoms with Crippen molar-refractivity contribution in [1.29, 1.82) is 0 Å². The van der Waals surface area contributed by atoms with Crippen molar-refractivity contribution in [3.63, 3.8) is 0 Å². The summed E-state index contributed by atoms with van der Waals surface area (Å²) in [5.74, 6) is -1.03. The van der Waals surface area contributed by atoms with Crippen molar-refractivity contribution < 1.29 is 22.3 Å². The Bertz CT molecular complexity index is 643. The topological polar surface area (TPSA) is 47.3 Å². The molecule has 1 N–H and O–H groups in total. The highest BCUT2D eigenvalue weighted by molar-refractivity contribution is 5.13. The first-order chi connectivity index (χ1) is 11.5. The molecule has 7 heteroatoms. The zero-order chi connectivity index (χ0) is 17.0. The molecule has 2 atom stereocenters. The van der Waals surface area contributed by atoms with Crippen molar-refractivity contribution in [2.24, 2.45) is 0 Å². The van der Waals surface area contributed by atoms with Gasteiger partial charge in [0.05, 0.1) is 12.7 Å². The fourth-order valence-corrected chi connectivity index (χ4v) is 2.99. The molecule has 1 fully saturated rings. The first-order valence-electron chi connectivity index (χ1n) is 7.92. The third-order valence-corrected chi connectivity index (χ3v) is 4.19. The number of benzene rings is 1. The second-order valence-electron chi connectivity index (χ2n) is 5.88. The predicted octanol–water partition coefficient (Wildman–Crippen LogP) is 3.92. The maximum atomic E-state index is 12.8. The van der Waals surface area contributed by atoms with Crippen LogP contribution >= 0.6 is 0 Å². The van der Waals surface area contributed by atoms with Gasteiger partial charge in [-0.3, -0.25) is 0 Å². The lowest BCUT2D eigenvalue weighted by atomic mass is 10.2. The van der Waals surface area contributed by atoms with E-state index >= 15 is 0 Å². The van der Waals surface area contributed by atoms with E-state index in [-0.39, 0.29) is 24.4 Å². The molecule has 1 aliphatic rings. The summed E-state index contributed by atoms with van der Waals surface area (Å²) in [5.41, 5.74) is 0.968. The van der Waals surface area contributed by atoms with E-state index < -0.39 is 11.9 Å². The van der Waals surface area contributed by atoms with Crippen LogP contribution < -0.4 is 5.32 Å². The lowest BCUT2D eigenvalue weighted by molar-refractivity contribution is -0.153. The van der Waals surface area contributed by atoms with E-state index in [1.807, 2.05) is 30.3 Å². The van der Waals surface area contributed by atoms with Crippen LogP contribution in [0.5, 0.6) is 0 Å². The lowest BCUT2D eigenvalue weighted by Gasteiger charge is -2.21. The van der Waals surface area contributed by atoms with Gasteiger partial charge in [0.2, 0.25) is 5.76 Å². The summed E-state index contributed by atoms with van der Waals surface area (Å²) in [6.45, 7) is 0.517. The van der Waals surface area contributed by atoms with Crippen LogP contribution in [0, 0.1) is 0 Å². The van der Waals surface area contributed by atoms with Crippen molar-refractivity contribution in [3.8, 4) is 0 Å². The molecular weight excluding hydrogens is 321 g/mol. The van der Waals surface area contributed by atoms with E-state index in [9.17, 15) is 13.2 Å². The number of halogens is 3. The van der Waals surface area contributed by atoms with Crippen LogP contribution in [0.4, 0.5) is 13.2 Å². The van der Waals surface area contributed by atoms with Gasteiger partial charge in [-0.05, 0) is 24.8 Å². The molecule has 0 saturated heterocycles. The summed E-state index contributed by atoms with van der Waals surface area (Å²) in [6.07, 6.45) is -0.938. The van der Waals surface area contributed by atoms with E-state index in [1.165, 1.54) is 0 Å². The highest BCUT2D eigenvalue weighted by Crippen LogP contribution is 2.32. The minimum atomic E-state index is -4.52. The Morgan fingerprint density at radius 1 is 1.21 bits per heavy atom. The Morgan fingerprint density at radius 3 is 2.75 bits per heavy atom. The molecule has 2 aromatic rings. The molecule has 24 heavy (non-hydrogen) atoms. The highest BCUT2D eigenvalue weighted by Gasteiger charge is 2.38. The van der Waals surface area contributed by atoms with Crippen LogP contribution in [0.2, 0.25) is 0 Å². The number of oxazole rings is 1. The van der Waals surface area contributed by atoms with Crippen molar-refractivity contribution in [2.45, 2.75) is 50.7 Å². The average molecular weight is 340 g/mol. The third kappa shape index (κ3) is 4.15. The minimum absolute atomic E-state index is 0.00792. The quantitative estimate of drug-likeness (QED) is 0.866. The van der Waals surface area contributed by atoms with Gasteiger partial charge in [-0.25, -0.2) is 4.98 Å². The number of alkyl halides is 3. The maximum absolute atomic E-state index is 12.8. The molecule has 0 bridgehead atoms. The molecule has 1 heterocycles. The fourth-order valence-electron chi connectivity index (χ4n) is 2.99. The second kappa shape index (κ2) is 7.36. The molecule has 0 spiro atoms. The normalized spacial score (nSPS) is 21.3. The first-order valence-corrected chi connectivity index (χ1v) is 7.92. The minimum Gasteiger partial charge on any atom is -0.439 e. The number of rotatable bonds is 6. The standard InChI is InChI=1S/C17H19F3N2O2/c18-17(19,20)16-14(22-11-24-16)9-21-13-7-4-8-15(13)23-10-12-5-2-1-3-6-12/h1-3,5-6,11,13,15,21H,4,7-10H2/t13-,15-/m1/s1. The fraction of sp³-hybridized carbons (Fsp3) is 0.471. The smallest absolute Gasteiger partial charge is 0.439 e. The molecule has 1 aromatic heterocycles. The number of nitrogens with one attached hydrogen (secondary N) is 1. The summed E-state index contributed by atoms with van der Waals surface area (Å²) in [4.78, 5) is 3.67. The van der Waals surface area contributed by atoms with Crippen LogP contribution in [0.3, 0.4) is 0 Å². The molecule has 4 nitrogen and oxygen atoms in total. The monoisotopic (exact) mass is 340 g/mol. The van der Waals surface area contributed by atoms with Gasteiger partial charge in [-0.15, -0.1) is 0 Å². The van der Waals surface area contributed by atoms with Gasteiger partial charge in [0.25, 0.3) is 0 Å². The van der Waals surface area contributed by atoms with Crippen molar-refractivity contribution >= 4 is 0 Å². The maximum Gasteiger partial charge on any atom is 0.451 e. The van der Waals surface area contributed by atoms with Gasteiger partial charge in [0.15, 0.2) is 6.39 Å². The Morgan fingerprint density at radius 2 is 2.00 bits per heavy atom. The van der Waals surface area contributed by atoms with E-state index in [0.717, 1.165) is 31.2 Å². The Hall–Kier alpha value is -1.86. The van der Waals surface area contributed by atoms with Gasteiger partial charge < -0.3 is 14.5 Å². The van der Waals surface area contributed by atoms with Crippen LogP contribution in [0.25, 0.3) is 0 Å². The largest absolute Gasteiger partial charge is 0.451 e. The molecular formula is C17H19F3N2O2. The molecule has 3 rings (SSSR count). The molecule has 0 aliphatic heterocycles. The number of nitrogens with zero attached hydrogens (tertiary/aromatic N) is 1. The van der Waals surface area contributed by atoms with Gasteiger partial charge in [-0.1, -0.05) is 30.3 Å². The summed E-state index contributed by atoms with van der Waals surface area (Å²) < 4.78 is 48.8. The predicted molar refractivity (Wildman–Crippen MR) is 81.0 cm³/mol. The van der Waals surface area contributed by atoms with E-state index in [4.69, 9.17) is 4.74 Å². The Labute approximate surface area is 138 Å². The molecule has 0 amide bonds. The molecule has 0 unspecified atom stereocenters. The second-order valence-corrected chi connectivity index (χ2v) is 5.88. The Kier molecular flexibility index (Phi) is 5.20. The van der Waals surface area contributed by atoms with Crippen LogP contribution in [-0.4, -0.2) is 17.1 Å². The summed E-state index contributed by atoms with van der Waals surface area (Å²) in [5, 5.41) is 3.14. The highest BCUT2D eigenvalue weighted by atomic mass is 19.4. The first kappa shape index (κ1) is 17.0. The van der Waals surface area contributed by atoms with Crippen LogP contribution in [0.1, 0.15) is 36.3 Å².